The van der Waals surface area contributed by atoms with Gasteiger partial charge in [-0.3, -0.25) is 9.59 Å². The fraction of sp³-hybridized carbons (Fsp3) is 0.240. The molecule has 0 fully saturated rings. The van der Waals surface area contributed by atoms with Crippen LogP contribution in [0.15, 0.2) is 63.7 Å². The van der Waals surface area contributed by atoms with E-state index in [-0.39, 0.29) is 11.3 Å². The zero-order valence-corrected chi connectivity index (χ0v) is 20.2. The van der Waals surface area contributed by atoms with Crippen LogP contribution in [0.1, 0.15) is 47.4 Å². The third kappa shape index (κ3) is 4.35. The van der Waals surface area contributed by atoms with Gasteiger partial charge in [0.25, 0.3) is 5.56 Å². The second-order valence-corrected chi connectivity index (χ2v) is 10.1. The number of halogens is 2. The first kappa shape index (κ1) is 22.3. The highest BCUT2D eigenvalue weighted by molar-refractivity contribution is 7.98. The third-order valence-electron chi connectivity index (χ3n) is 6.01. The summed E-state index contributed by atoms with van der Waals surface area (Å²) in [5.41, 5.74) is 4.73. The smallest absolute Gasteiger partial charge is 0.257 e. The average molecular weight is 498 g/mol. The van der Waals surface area contributed by atoms with Crippen LogP contribution in [0.3, 0.4) is 0 Å². The van der Waals surface area contributed by atoms with Gasteiger partial charge in [-0.1, -0.05) is 70.9 Å². The number of hydrogen-bond acceptors (Lipinski definition) is 5. The summed E-state index contributed by atoms with van der Waals surface area (Å²) >= 11 is 13.9. The van der Waals surface area contributed by atoms with Gasteiger partial charge in [-0.2, -0.15) is 0 Å². The molecule has 2 aliphatic rings. The Hall–Kier alpha value is -2.54. The van der Waals surface area contributed by atoms with Crippen LogP contribution >= 0.6 is 35.0 Å². The van der Waals surface area contributed by atoms with Crippen molar-refractivity contribution in [3.63, 3.8) is 0 Å². The number of H-pyrrole nitrogens is 1. The first-order valence-electron chi connectivity index (χ1n) is 10.7. The fourth-order valence-corrected chi connectivity index (χ4v) is 5.49. The van der Waals surface area contributed by atoms with E-state index in [2.05, 4.69) is 34.6 Å². The number of carbonyl (C=O) groups excluding carboxylic acids is 1. The Labute approximate surface area is 205 Å². The maximum absolute atomic E-state index is 13.3. The minimum absolute atomic E-state index is 0.0442. The van der Waals surface area contributed by atoms with Crippen LogP contribution in [0, 0.1) is 6.92 Å². The monoisotopic (exact) mass is 497 g/mol. The number of hydrogen-bond donors (Lipinski definition) is 2. The van der Waals surface area contributed by atoms with Crippen molar-refractivity contribution in [2.75, 3.05) is 5.32 Å². The molecule has 0 bridgehead atoms. The van der Waals surface area contributed by atoms with Crippen molar-refractivity contribution in [3.05, 3.63) is 96.4 Å². The normalized spacial score (nSPS) is 17.4. The molecule has 0 saturated heterocycles. The van der Waals surface area contributed by atoms with Crippen molar-refractivity contribution in [2.45, 2.75) is 43.0 Å². The molecule has 3 aromatic rings. The second-order valence-electron chi connectivity index (χ2n) is 8.31. The third-order valence-corrected chi connectivity index (χ3v) is 7.69. The lowest BCUT2D eigenvalue weighted by Gasteiger charge is -2.32. The van der Waals surface area contributed by atoms with Gasteiger partial charge in [-0.05, 0) is 43.0 Å². The zero-order valence-electron chi connectivity index (χ0n) is 17.9. The van der Waals surface area contributed by atoms with Gasteiger partial charge in [-0.15, -0.1) is 0 Å². The number of thioether (sulfide) groups is 1. The number of nitrogens with one attached hydrogen (secondary N) is 2. The van der Waals surface area contributed by atoms with E-state index in [1.165, 1.54) is 17.3 Å². The molecule has 2 N–H and O–H groups in total. The summed E-state index contributed by atoms with van der Waals surface area (Å²) in [7, 11) is 0. The van der Waals surface area contributed by atoms with Gasteiger partial charge in [0.05, 0.1) is 15.6 Å². The second kappa shape index (κ2) is 9.01. The maximum atomic E-state index is 13.3. The highest BCUT2D eigenvalue weighted by Gasteiger charge is 2.38. The minimum Gasteiger partial charge on any atom is -0.343 e. The summed E-state index contributed by atoms with van der Waals surface area (Å²) in [6.07, 6.45) is 1.97. The van der Waals surface area contributed by atoms with Gasteiger partial charge in [0, 0.05) is 29.4 Å². The molecule has 0 radical (unpaired) electrons. The Kier molecular flexibility index (Phi) is 6.08. The van der Waals surface area contributed by atoms with E-state index in [0.717, 1.165) is 29.7 Å². The molecule has 1 aromatic heterocycles. The number of carbonyl (C=O) groups is 1. The molecular weight excluding hydrogens is 477 g/mol. The van der Waals surface area contributed by atoms with Crippen LogP contribution in [0.2, 0.25) is 10.0 Å². The molecular formula is C25H21Cl2N3O2S. The number of nitrogens with zero attached hydrogens (tertiary/aromatic N) is 1. The predicted octanol–water partition coefficient (Wildman–Crippen LogP) is 6.24. The number of anilines is 1. The lowest BCUT2D eigenvalue weighted by Crippen LogP contribution is -2.32. The molecule has 0 amide bonds. The summed E-state index contributed by atoms with van der Waals surface area (Å²) in [5, 5.41) is 4.64. The van der Waals surface area contributed by atoms with Crippen LogP contribution in [0.4, 0.5) is 5.82 Å². The Morgan fingerprint density at radius 3 is 2.61 bits per heavy atom. The summed E-state index contributed by atoms with van der Waals surface area (Å²) in [4.78, 5) is 33.9. The minimum atomic E-state index is -0.536. The van der Waals surface area contributed by atoms with Gasteiger partial charge in [0.15, 0.2) is 10.9 Å². The van der Waals surface area contributed by atoms with Gasteiger partial charge in [-0.25, -0.2) is 4.98 Å². The summed E-state index contributed by atoms with van der Waals surface area (Å²) < 4.78 is 0. The molecule has 2 aromatic carbocycles. The molecule has 8 heteroatoms. The van der Waals surface area contributed by atoms with E-state index in [4.69, 9.17) is 28.2 Å². The molecule has 1 aliphatic carbocycles. The highest BCUT2D eigenvalue weighted by Crippen LogP contribution is 2.44. The van der Waals surface area contributed by atoms with E-state index in [1.807, 2.05) is 13.0 Å². The number of ketones is 1. The zero-order chi connectivity index (χ0) is 23.1. The van der Waals surface area contributed by atoms with Crippen molar-refractivity contribution in [1.29, 1.82) is 0 Å². The molecule has 1 aliphatic heterocycles. The summed E-state index contributed by atoms with van der Waals surface area (Å²) in [6, 6.07) is 13.5. The topological polar surface area (TPSA) is 74.8 Å². The number of allylic oxidation sites excluding steroid dienone is 2. The SMILES string of the molecule is Cc1ccc(CSc2nc3c(c(=O)[nH]2)[C@H](c2ccc(Cl)c(Cl)c2)C2=C(CCCC2=O)N3)cc1. The van der Waals surface area contributed by atoms with Crippen molar-refractivity contribution in [3.8, 4) is 0 Å². The maximum Gasteiger partial charge on any atom is 0.257 e. The van der Waals surface area contributed by atoms with Crippen LogP contribution in [-0.4, -0.2) is 15.8 Å². The number of benzene rings is 2. The van der Waals surface area contributed by atoms with Crippen LogP contribution in [0.25, 0.3) is 0 Å². The average Bonchev–Trinajstić information content (AvgIpc) is 2.79. The molecule has 1 atom stereocenters. The Bertz CT molecular complexity index is 1350. The number of aromatic nitrogens is 2. The highest BCUT2D eigenvalue weighted by atomic mass is 35.5. The Balaban J connectivity index is 1.56. The molecule has 168 valence electrons. The number of rotatable bonds is 4. The van der Waals surface area contributed by atoms with E-state index in [9.17, 15) is 9.59 Å². The molecule has 2 heterocycles. The fourth-order valence-electron chi connectivity index (χ4n) is 4.37. The van der Waals surface area contributed by atoms with E-state index in [1.54, 1.807) is 12.1 Å². The predicted molar refractivity (Wildman–Crippen MR) is 133 cm³/mol. The van der Waals surface area contributed by atoms with E-state index < -0.39 is 5.92 Å². The van der Waals surface area contributed by atoms with Crippen LogP contribution in [-0.2, 0) is 10.5 Å². The summed E-state index contributed by atoms with van der Waals surface area (Å²) in [6.45, 7) is 2.05. The molecule has 5 nitrogen and oxygen atoms in total. The van der Waals surface area contributed by atoms with Crippen molar-refractivity contribution >= 4 is 46.6 Å². The number of fused-ring (bicyclic) bond motifs is 1. The first-order chi connectivity index (χ1) is 15.9. The van der Waals surface area contributed by atoms with E-state index in [0.29, 0.717) is 44.3 Å². The van der Waals surface area contributed by atoms with Gasteiger partial charge < -0.3 is 10.3 Å². The summed E-state index contributed by atoms with van der Waals surface area (Å²) in [5.74, 6) is 0.689. The molecule has 0 unspecified atom stereocenters. The lowest BCUT2D eigenvalue weighted by atomic mass is 9.76. The van der Waals surface area contributed by atoms with Gasteiger partial charge in [0.1, 0.15) is 5.82 Å². The molecule has 5 rings (SSSR count). The Morgan fingerprint density at radius 2 is 1.85 bits per heavy atom. The van der Waals surface area contributed by atoms with Crippen LogP contribution < -0.4 is 10.9 Å². The molecule has 0 spiro atoms. The van der Waals surface area contributed by atoms with Gasteiger partial charge in [0.2, 0.25) is 0 Å². The van der Waals surface area contributed by atoms with Crippen molar-refractivity contribution in [1.82, 2.24) is 9.97 Å². The Morgan fingerprint density at radius 1 is 1.06 bits per heavy atom. The lowest BCUT2D eigenvalue weighted by molar-refractivity contribution is -0.116. The van der Waals surface area contributed by atoms with Crippen molar-refractivity contribution < 1.29 is 4.79 Å². The van der Waals surface area contributed by atoms with Crippen molar-refractivity contribution in [2.24, 2.45) is 0 Å². The largest absolute Gasteiger partial charge is 0.343 e. The van der Waals surface area contributed by atoms with Crippen LogP contribution in [0.5, 0.6) is 0 Å². The number of aryl methyl sites for hydroxylation is 1. The first-order valence-corrected chi connectivity index (χ1v) is 12.5. The molecule has 33 heavy (non-hydrogen) atoms. The standard InChI is InChI=1S/C25H21Cl2N3O2S/c1-13-5-7-14(8-6-13)12-33-25-29-23-22(24(32)30-25)20(15-9-10-16(26)17(27)11-15)21-18(28-23)3-2-4-19(21)31/h5-11,20H,2-4,12H2,1H3,(H2,28,29,30,32)/t20-/m1/s1. The van der Waals surface area contributed by atoms with E-state index >= 15 is 0 Å². The number of Topliss-reactive ketones (excluding diaryl/α,β-unsaturated/α-hetero) is 1. The van der Waals surface area contributed by atoms with Gasteiger partial charge >= 0.3 is 0 Å². The molecule has 0 saturated carbocycles. The quantitative estimate of drug-likeness (QED) is 0.329. The number of aromatic amines is 1.